The molecule has 0 aliphatic heterocycles. The minimum absolute atomic E-state index is 0.336. The highest BCUT2D eigenvalue weighted by Gasteiger charge is 2.16. The number of benzene rings is 1. The van der Waals surface area contributed by atoms with Gasteiger partial charge in [-0.1, -0.05) is 12.1 Å². The second-order valence-electron chi connectivity index (χ2n) is 4.05. The van der Waals surface area contributed by atoms with Crippen molar-refractivity contribution in [3.05, 3.63) is 34.4 Å². The van der Waals surface area contributed by atoms with Gasteiger partial charge in [0.1, 0.15) is 6.04 Å². The fourth-order valence-corrected chi connectivity index (χ4v) is 2.63. The maximum absolute atomic E-state index is 10.8. The highest BCUT2D eigenvalue weighted by molar-refractivity contribution is 9.10. The molecule has 90 valence electrons. The zero-order valence-electron chi connectivity index (χ0n) is 9.35. The van der Waals surface area contributed by atoms with Crippen molar-refractivity contribution in [1.29, 1.82) is 0 Å². The molecule has 0 radical (unpaired) electrons. The lowest BCUT2D eigenvalue weighted by molar-refractivity contribution is -0.138. The fraction of sp³-hybridized carbons (Fsp3) is 0.250. The molecule has 0 fully saturated rings. The Balaban J connectivity index is 2.49. The predicted molar refractivity (Wildman–Crippen MR) is 69.9 cm³/mol. The Kier molecular flexibility index (Phi) is 3.22. The molecule has 2 aromatic rings. The zero-order valence-corrected chi connectivity index (χ0v) is 10.9. The molecular weight excluding hydrogens is 284 g/mol. The topological polar surface area (TPSA) is 68.2 Å². The van der Waals surface area contributed by atoms with Crippen molar-refractivity contribution in [3.63, 3.8) is 0 Å². The van der Waals surface area contributed by atoms with Gasteiger partial charge in [-0.25, -0.2) is 0 Å². The van der Waals surface area contributed by atoms with E-state index in [0.29, 0.717) is 6.42 Å². The molecule has 17 heavy (non-hydrogen) atoms. The third-order valence-electron chi connectivity index (χ3n) is 2.79. The molecule has 0 spiro atoms. The number of aryl methyl sites for hydroxylation is 1. The Labute approximate surface area is 107 Å². The summed E-state index contributed by atoms with van der Waals surface area (Å²) in [5.41, 5.74) is 7.58. The highest BCUT2D eigenvalue weighted by atomic mass is 79.9. The maximum atomic E-state index is 10.8. The van der Waals surface area contributed by atoms with Crippen LogP contribution in [0.15, 0.2) is 28.9 Å². The van der Waals surface area contributed by atoms with E-state index in [-0.39, 0.29) is 0 Å². The number of rotatable bonds is 3. The molecule has 0 unspecified atom stereocenters. The number of fused-ring (bicyclic) bond motifs is 1. The maximum Gasteiger partial charge on any atom is 0.320 e. The second kappa shape index (κ2) is 4.50. The third kappa shape index (κ3) is 2.21. The number of nitrogens with zero attached hydrogens (tertiary/aromatic N) is 1. The summed E-state index contributed by atoms with van der Waals surface area (Å²) in [7, 11) is 1.93. The van der Waals surface area contributed by atoms with Crippen molar-refractivity contribution in [3.8, 4) is 0 Å². The van der Waals surface area contributed by atoms with Crippen LogP contribution in [-0.4, -0.2) is 21.7 Å². The molecule has 4 nitrogen and oxygen atoms in total. The molecule has 1 aromatic carbocycles. The van der Waals surface area contributed by atoms with Gasteiger partial charge in [0, 0.05) is 29.5 Å². The molecule has 1 atom stereocenters. The van der Waals surface area contributed by atoms with Gasteiger partial charge in [-0.2, -0.15) is 0 Å². The molecule has 3 N–H and O–H groups in total. The zero-order chi connectivity index (χ0) is 12.6. The van der Waals surface area contributed by atoms with Crippen molar-refractivity contribution >= 4 is 32.8 Å². The monoisotopic (exact) mass is 296 g/mol. The summed E-state index contributed by atoms with van der Waals surface area (Å²) < 4.78 is 2.97. The summed E-state index contributed by atoms with van der Waals surface area (Å²) in [5.74, 6) is -0.975. The Morgan fingerprint density at radius 1 is 1.59 bits per heavy atom. The van der Waals surface area contributed by atoms with Crippen molar-refractivity contribution < 1.29 is 9.90 Å². The SMILES string of the molecule is Cn1cc(C[C@H](N)C(=O)O)c2cccc(Br)c21. The van der Waals surface area contributed by atoms with E-state index in [0.717, 1.165) is 20.9 Å². The van der Waals surface area contributed by atoms with Crippen LogP contribution in [0.2, 0.25) is 0 Å². The van der Waals surface area contributed by atoms with Gasteiger partial charge in [0.25, 0.3) is 0 Å². The molecule has 1 heterocycles. The number of carboxylic acid groups (broad SMARTS) is 1. The second-order valence-corrected chi connectivity index (χ2v) is 4.90. The quantitative estimate of drug-likeness (QED) is 0.909. The standard InChI is InChI=1S/C12H13BrN2O2/c1-15-6-7(5-10(14)12(16)17)8-3-2-4-9(13)11(8)15/h2-4,6,10H,5,14H2,1H3,(H,16,17)/t10-/m0/s1. The molecule has 0 aliphatic carbocycles. The number of hydrogen-bond acceptors (Lipinski definition) is 2. The summed E-state index contributed by atoms with van der Waals surface area (Å²) in [4.78, 5) is 10.8. The van der Waals surface area contributed by atoms with Crippen LogP contribution in [0.3, 0.4) is 0 Å². The summed E-state index contributed by atoms with van der Waals surface area (Å²) in [5, 5.41) is 9.88. The number of para-hydroxylation sites is 1. The lowest BCUT2D eigenvalue weighted by atomic mass is 10.1. The third-order valence-corrected chi connectivity index (χ3v) is 3.43. The molecule has 1 aromatic heterocycles. The summed E-state index contributed by atoms with van der Waals surface area (Å²) >= 11 is 3.49. The van der Waals surface area contributed by atoms with E-state index in [9.17, 15) is 4.79 Å². The Morgan fingerprint density at radius 3 is 2.94 bits per heavy atom. The normalized spacial score (nSPS) is 12.9. The Bertz CT molecular complexity index is 577. The molecular formula is C12H13BrN2O2. The van der Waals surface area contributed by atoms with E-state index in [4.69, 9.17) is 10.8 Å². The van der Waals surface area contributed by atoms with Gasteiger partial charge in [-0.15, -0.1) is 0 Å². The number of carboxylic acids is 1. The number of aliphatic carboxylic acids is 1. The van der Waals surface area contributed by atoms with Gasteiger partial charge in [-0.05, 0) is 27.6 Å². The Morgan fingerprint density at radius 2 is 2.29 bits per heavy atom. The van der Waals surface area contributed by atoms with Crippen molar-refractivity contribution in [2.24, 2.45) is 12.8 Å². The minimum atomic E-state index is -0.975. The van der Waals surface area contributed by atoms with Crippen LogP contribution in [0.5, 0.6) is 0 Å². The van der Waals surface area contributed by atoms with E-state index >= 15 is 0 Å². The van der Waals surface area contributed by atoms with Crippen molar-refractivity contribution in [2.45, 2.75) is 12.5 Å². The van der Waals surface area contributed by atoms with Crippen LogP contribution in [-0.2, 0) is 18.3 Å². The number of halogens is 1. The van der Waals surface area contributed by atoms with E-state index in [1.165, 1.54) is 0 Å². The van der Waals surface area contributed by atoms with Gasteiger partial charge in [0.15, 0.2) is 0 Å². The van der Waals surface area contributed by atoms with E-state index in [2.05, 4.69) is 15.9 Å². The average molecular weight is 297 g/mol. The molecule has 0 saturated carbocycles. The molecule has 0 saturated heterocycles. The molecule has 5 heteroatoms. The van der Waals surface area contributed by atoms with Gasteiger partial charge < -0.3 is 15.4 Å². The van der Waals surface area contributed by atoms with Crippen LogP contribution < -0.4 is 5.73 Å². The van der Waals surface area contributed by atoms with Crippen LogP contribution in [0.4, 0.5) is 0 Å². The van der Waals surface area contributed by atoms with Gasteiger partial charge in [-0.3, -0.25) is 4.79 Å². The van der Waals surface area contributed by atoms with Crippen molar-refractivity contribution in [1.82, 2.24) is 4.57 Å². The van der Waals surface area contributed by atoms with Crippen LogP contribution >= 0.6 is 15.9 Å². The van der Waals surface area contributed by atoms with E-state index in [1.807, 2.05) is 36.0 Å². The summed E-state index contributed by atoms with van der Waals surface area (Å²) in [6.45, 7) is 0. The first-order chi connectivity index (χ1) is 8.00. The average Bonchev–Trinajstić information content (AvgIpc) is 2.57. The smallest absolute Gasteiger partial charge is 0.320 e. The van der Waals surface area contributed by atoms with E-state index in [1.54, 1.807) is 0 Å². The highest BCUT2D eigenvalue weighted by Crippen LogP contribution is 2.28. The number of carbonyl (C=O) groups is 1. The summed E-state index contributed by atoms with van der Waals surface area (Å²) in [6.07, 6.45) is 2.27. The molecule has 0 aliphatic rings. The van der Waals surface area contributed by atoms with Gasteiger partial charge in [0.05, 0.1) is 5.52 Å². The summed E-state index contributed by atoms with van der Waals surface area (Å²) in [6, 6.07) is 5.01. The Hall–Kier alpha value is -1.33. The number of hydrogen-bond donors (Lipinski definition) is 2. The van der Waals surface area contributed by atoms with Gasteiger partial charge >= 0.3 is 5.97 Å². The van der Waals surface area contributed by atoms with Crippen molar-refractivity contribution in [2.75, 3.05) is 0 Å². The minimum Gasteiger partial charge on any atom is -0.480 e. The largest absolute Gasteiger partial charge is 0.480 e. The molecule has 2 rings (SSSR count). The first-order valence-electron chi connectivity index (χ1n) is 5.21. The van der Waals surface area contributed by atoms with Crippen LogP contribution in [0.25, 0.3) is 10.9 Å². The number of nitrogens with two attached hydrogens (primary N) is 1. The predicted octanol–water partition coefficient (Wildman–Crippen LogP) is 1.90. The van der Waals surface area contributed by atoms with E-state index < -0.39 is 12.0 Å². The van der Waals surface area contributed by atoms with Crippen LogP contribution in [0.1, 0.15) is 5.56 Å². The lowest BCUT2D eigenvalue weighted by Crippen LogP contribution is -2.32. The molecule has 0 amide bonds. The molecule has 0 bridgehead atoms. The van der Waals surface area contributed by atoms with Gasteiger partial charge in [0.2, 0.25) is 0 Å². The first-order valence-corrected chi connectivity index (χ1v) is 6.01. The lowest BCUT2D eigenvalue weighted by Gasteiger charge is -2.04. The number of aromatic nitrogens is 1. The first kappa shape index (κ1) is 12.1. The van der Waals surface area contributed by atoms with Crippen LogP contribution in [0, 0.1) is 0 Å². The fourth-order valence-electron chi connectivity index (χ4n) is 1.99.